The van der Waals surface area contributed by atoms with E-state index in [4.69, 9.17) is 0 Å². The molecule has 0 saturated carbocycles. The maximum atomic E-state index is 13.6. The van der Waals surface area contributed by atoms with Crippen LogP contribution < -0.4 is 4.18 Å². The summed E-state index contributed by atoms with van der Waals surface area (Å²) in [6.45, 7) is 0.543. The van der Waals surface area contributed by atoms with E-state index >= 15 is 0 Å². The van der Waals surface area contributed by atoms with Crippen molar-refractivity contribution in [2.45, 2.75) is 49.1 Å². The van der Waals surface area contributed by atoms with Gasteiger partial charge >= 0.3 is 33.4 Å². The zero-order chi connectivity index (χ0) is 23.9. The normalized spacial score (nSPS) is 18.6. The van der Waals surface area contributed by atoms with Crippen molar-refractivity contribution in [3.63, 3.8) is 0 Å². The predicted octanol–water partition coefficient (Wildman–Crippen LogP) is 4.82. The molecule has 178 valence electrons. The maximum absolute atomic E-state index is 13.6. The Morgan fingerprint density at radius 2 is 1.32 bits per heavy atom. The lowest BCUT2D eigenvalue weighted by molar-refractivity contribution is -0.898. The van der Waals surface area contributed by atoms with Crippen LogP contribution >= 0.6 is 0 Å². The van der Waals surface area contributed by atoms with Crippen LogP contribution in [0.5, 0.6) is 5.75 Å². The molecule has 0 unspecified atom stereocenters. The van der Waals surface area contributed by atoms with E-state index in [-0.39, 0.29) is 6.54 Å². The molecule has 0 spiro atoms. The summed E-state index contributed by atoms with van der Waals surface area (Å²) in [6, 6.07) is 3.47. The van der Waals surface area contributed by atoms with Gasteiger partial charge in [0.2, 0.25) is 0 Å². The van der Waals surface area contributed by atoms with Crippen LogP contribution in [0, 0.1) is 5.21 Å². The number of hydroxylamine groups is 3. The molecule has 0 N–H and O–H groups in total. The molecule has 5 nitrogen and oxygen atoms in total. The summed E-state index contributed by atoms with van der Waals surface area (Å²) in [5.74, 6) is -15.8. The van der Waals surface area contributed by atoms with E-state index in [9.17, 15) is 53.1 Å². The Morgan fingerprint density at radius 1 is 0.839 bits per heavy atom. The first-order valence-electron chi connectivity index (χ1n) is 8.67. The fourth-order valence-electron chi connectivity index (χ4n) is 2.93. The minimum Gasteiger partial charge on any atom is -0.633 e. The SMILES string of the molecule is O=S(=O)(Oc1ccc(C[N+]2([O-])CCCCC2)cc1)C(F)(F)C(F)(F)C(F)(F)C(F)(F)F. The topological polar surface area (TPSA) is 66.4 Å². The lowest BCUT2D eigenvalue weighted by atomic mass is 10.1. The molecule has 2 rings (SSSR count). The molecule has 1 aromatic rings. The number of hydrogen-bond donors (Lipinski definition) is 0. The monoisotopic (exact) mass is 489 g/mol. The molecule has 31 heavy (non-hydrogen) atoms. The Labute approximate surface area is 170 Å². The molecule has 0 amide bonds. The molecule has 1 fully saturated rings. The Hall–Kier alpha value is -1.74. The first kappa shape index (κ1) is 25.5. The third-order valence-corrected chi connectivity index (χ3v) is 5.96. The lowest BCUT2D eigenvalue weighted by Gasteiger charge is -2.45. The summed E-state index contributed by atoms with van der Waals surface area (Å²) in [6.07, 6.45) is -4.94. The van der Waals surface area contributed by atoms with Gasteiger partial charge in [-0.1, -0.05) is 0 Å². The molecular weight excluding hydrogens is 473 g/mol. The molecule has 0 radical (unpaired) electrons. The summed E-state index contributed by atoms with van der Waals surface area (Å²) in [4.78, 5) is 0. The van der Waals surface area contributed by atoms with Gasteiger partial charge in [-0.3, -0.25) is 0 Å². The second kappa shape index (κ2) is 7.99. The highest BCUT2D eigenvalue weighted by molar-refractivity contribution is 7.88. The Kier molecular flexibility index (Phi) is 6.58. The summed E-state index contributed by atoms with van der Waals surface area (Å²) in [7, 11) is -7.00. The predicted molar refractivity (Wildman–Crippen MR) is 87.8 cm³/mol. The highest BCUT2D eigenvalue weighted by atomic mass is 32.2. The van der Waals surface area contributed by atoms with Gasteiger partial charge in [-0.15, -0.1) is 0 Å². The fraction of sp³-hybridized carbons (Fsp3) is 0.625. The second-order valence-corrected chi connectivity index (χ2v) is 8.66. The van der Waals surface area contributed by atoms with Gasteiger partial charge in [0, 0.05) is 5.56 Å². The van der Waals surface area contributed by atoms with Gasteiger partial charge in [-0.2, -0.15) is 47.9 Å². The van der Waals surface area contributed by atoms with Crippen molar-refractivity contribution in [1.82, 2.24) is 0 Å². The molecule has 1 heterocycles. The van der Waals surface area contributed by atoms with Crippen molar-refractivity contribution in [2.24, 2.45) is 0 Å². The van der Waals surface area contributed by atoms with E-state index in [1.165, 1.54) is 0 Å². The zero-order valence-electron chi connectivity index (χ0n) is 15.4. The highest BCUT2D eigenvalue weighted by Crippen LogP contribution is 2.54. The van der Waals surface area contributed by atoms with E-state index < -0.39 is 43.8 Å². The summed E-state index contributed by atoms with van der Waals surface area (Å²) in [5.41, 5.74) is 0.308. The molecule has 1 aliphatic heterocycles. The number of piperidine rings is 1. The Balaban J connectivity index is 2.22. The molecule has 0 aromatic heterocycles. The molecule has 0 aliphatic carbocycles. The lowest BCUT2D eigenvalue weighted by Crippen LogP contribution is -2.63. The summed E-state index contributed by atoms with van der Waals surface area (Å²) < 4.78 is 142. The van der Waals surface area contributed by atoms with Gasteiger partial charge in [-0.05, 0) is 43.5 Å². The molecular formula is C16H16F9NO4S. The number of nitrogens with zero attached hydrogens (tertiary/aromatic N) is 1. The van der Waals surface area contributed by atoms with Crippen LogP contribution in [0.2, 0.25) is 0 Å². The number of quaternary nitrogens is 1. The van der Waals surface area contributed by atoms with Crippen molar-refractivity contribution in [2.75, 3.05) is 13.1 Å². The van der Waals surface area contributed by atoms with Gasteiger partial charge in [0.15, 0.2) is 0 Å². The average Bonchev–Trinajstić information content (AvgIpc) is 2.62. The number of benzene rings is 1. The number of likely N-dealkylation sites (tertiary alicyclic amines) is 1. The quantitative estimate of drug-likeness (QED) is 0.239. The summed E-state index contributed by atoms with van der Waals surface area (Å²) in [5, 5.41) is 5.55. The molecule has 1 aliphatic rings. The summed E-state index contributed by atoms with van der Waals surface area (Å²) >= 11 is 0. The van der Waals surface area contributed by atoms with Crippen LogP contribution in [0.15, 0.2) is 24.3 Å². The smallest absolute Gasteiger partial charge is 0.460 e. The van der Waals surface area contributed by atoms with Crippen molar-refractivity contribution in [3.8, 4) is 5.75 Å². The van der Waals surface area contributed by atoms with Crippen LogP contribution in [0.4, 0.5) is 39.5 Å². The van der Waals surface area contributed by atoms with E-state index in [1.54, 1.807) is 0 Å². The minimum absolute atomic E-state index is 0.0704. The van der Waals surface area contributed by atoms with Gasteiger partial charge in [-0.25, -0.2) is 0 Å². The van der Waals surface area contributed by atoms with Crippen LogP contribution in [-0.4, -0.2) is 49.4 Å². The van der Waals surface area contributed by atoms with Crippen LogP contribution in [0.3, 0.4) is 0 Å². The number of rotatable bonds is 7. The van der Waals surface area contributed by atoms with Crippen molar-refractivity contribution in [3.05, 3.63) is 35.0 Å². The third kappa shape index (κ3) is 4.72. The van der Waals surface area contributed by atoms with Crippen molar-refractivity contribution < 1.29 is 56.8 Å². The number of alkyl halides is 9. The standard InChI is InChI=1S/C16H16F9NO4S/c17-13(18,15(21,22)23)14(19,20)16(24,25)31(28,29)30-12-6-4-11(5-7-12)10-26(27)8-2-1-3-9-26/h4-7H,1-3,8-10H2. The largest absolute Gasteiger partial charge is 0.633 e. The first-order valence-corrected chi connectivity index (χ1v) is 10.1. The van der Waals surface area contributed by atoms with Crippen LogP contribution in [0.1, 0.15) is 24.8 Å². The van der Waals surface area contributed by atoms with E-state index in [2.05, 4.69) is 4.18 Å². The molecule has 0 atom stereocenters. The molecule has 15 heteroatoms. The second-order valence-electron chi connectivity index (χ2n) is 7.07. The van der Waals surface area contributed by atoms with E-state index in [0.29, 0.717) is 43.6 Å². The van der Waals surface area contributed by atoms with Gasteiger partial charge in [0.1, 0.15) is 12.3 Å². The van der Waals surface area contributed by atoms with E-state index in [1.807, 2.05) is 0 Å². The average molecular weight is 489 g/mol. The third-order valence-electron chi connectivity index (χ3n) is 4.66. The van der Waals surface area contributed by atoms with Gasteiger partial charge in [0.25, 0.3) is 0 Å². The maximum Gasteiger partial charge on any atom is 0.460 e. The zero-order valence-corrected chi connectivity index (χ0v) is 16.3. The Morgan fingerprint density at radius 3 is 1.77 bits per heavy atom. The molecule has 0 bridgehead atoms. The highest BCUT2D eigenvalue weighted by Gasteiger charge is 2.86. The number of hydrogen-bond acceptors (Lipinski definition) is 4. The molecule has 1 aromatic carbocycles. The van der Waals surface area contributed by atoms with Crippen LogP contribution in [-0.2, 0) is 16.7 Å². The van der Waals surface area contributed by atoms with E-state index in [0.717, 1.165) is 18.6 Å². The Bertz CT molecular complexity index is 879. The van der Waals surface area contributed by atoms with Crippen LogP contribution in [0.25, 0.3) is 0 Å². The van der Waals surface area contributed by atoms with Gasteiger partial charge in [0.05, 0.1) is 13.1 Å². The molecule has 1 saturated heterocycles. The van der Waals surface area contributed by atoms with Crippen molar-refractivity contribution in [1.29, 1.82) is 0 Å². The van der Waals surface area contributed by atoms with Crippen molar-refractivity contribution >= 4 is 10.1 Å². The fourth-order valence-corrected chi connectivity index (χ4v) is 3.84. The number of halogens is 9. The minimum atomic E-state index is -7.37. The first-order chi connectivity index (χ1) is 13.9. The van der Waals surface area contributed by atoms with Gasteiger partial charge < -0.3 is 14.0 Å².